The Balaban J connectivity index is 1.59. The number of aromatic carboxylic acids is 1. The summed E-state index contributed by atoms with van der Waals surface area (Å²) in [5.41, 5.74) is 4.79. The van der Waals surface area contributed by atoms with Gasteiger partial charge in [0, 0.05) is 29.6 Å². The molecule has 6 nitrogen and oxygen atoms in total. The normalized spacial score (nSPS) is 11.1. The number of carboxylic acid groups (broad SMARTS) is 1. The topological polar surface area (TPSA) is 72.7 Å². The number of carbonyl (C=O) groups is 1. The molecule has 35 heavy (non-hydrogen) atoms. The largest absolute Gasteiger partial charge is 0.493 e. The van der Waals surface area contributed by atoms with E-state index in [0.29, 0.717) is 31.1 Å². The molecular weight excluding hydrogens is 447 g/mol. The number of halogens is 1. The van der Waals surface area contributed by atoms with E-state index in [1.807, 2.05) is 47.9 Å². The Bertz CT molecular complexity index is 1350. The number of aromatic nitrogens is 1. The molecule has 3 aromatic carbocycles. The monoisotopic (exact) mass is 476 g/mol. The molecule has 0 unspecified atom stereocenters. The van der Waals surface area contributed by atoms with Crippen LogP contribution in [0.15, 0.2) is 60.7 Å². The van der Waals surface area contributed by atoms with Gasteiger partial charge in [-0.25, -0.2) is 9.18 Å². The van der Waals surface area contributed by atoms with Gasteiger partial charge >= 0.3 is 5.97 Å². The molecule has 0 aliphatic rings. The van der Waals surface area contributed by atoms with E-state index >= 15 is 0 Å². The number of methoxy groups -OCH3 is 2. The lowest BCUT2D eigenvalue weighted by molar-refractivity contribution is 0.0684. The summed E-state index contributed by atoms with van der Waals surface area (Å²) in [6.45, 7) is 3.39. The lowest BCUT2D eigenvalue weighted by Crippen LogP contribution is -2.19. The van der Waals surface area contributed by atoms with Crippen LogP contribution in [0.3, 0.4) is 0 Å². The van der Waals surface area contributed by atoms with Crippen LogP contribution >= 0.6 is 0 Å². The number of hydrogen-bond acceptors (Lipinski definition) is 4. The Morgan fingerprint density at radius 1 is 0.971 bits per heavy atom. The minimum absolute atomic E-state index is 0.244. The van der Waals surface area contributed by atoms with E-state index in [2.05, 4.69) is 5.32 Å². The van der Waals surface area contributed by atoms with Crippen molar-refractivity contribution in [2.45, 2.75) is 26.4 Å². The zero-order valence-corrected chi connectivity index (χ0v) is 20.1. The highest BCUT2D eigenvalue weighted by Crippen LogP contribution is 2.29. The predicted molar refractivity (Wildman–Crippen MR) is 134 cm³/mol. The van der Waals surface area contributed by atoms with Crippen molar-refractivity contribution in [1.82, 2.24) is 9.88 Å². The van der Waals surface area contributed by atoms with Crippen molar-refractivity contribution in [3.63, 3.8) is 0 Å². The van der Waals surface area contributed by atoms with Gasteiger partial charge in [0.25, 0.3) is 0 Å². The standard InChI is InChI=1S/C28H29FN2O4/c1-18-4-10-22-23(16-30-13-12-19-7-11-25(34-2)26(15-19)35-3)27(28(32)33)31(24(22)14-18)17-20-5-8-21(29)9-6-20/h4-11,14-15,30H,12-13,16-17H2,1-3H3,(H,32,33). The fourth-order valence-corrected chi connectivity index (χ4v) is 4.37. The second kappa shape index (κ2) is 10.6. The summed E-state index contributed by atoms with van der Waals surface area (Å²) >= 11 is 0. The number of benzene rings is 3. The second-order valence-electron chi connectivity index (χ2n) is 8.48. The van der Waals surface area contributed by atoms with Crippen molar-refractivity contribution in [2.75, 3.05) is 20.8 Å². The fourth-order valence-electron chi connectivity index (χ4n) is 4.37. The molecule has 0 aliphatic heterocycles. The minimum Gasteiger partial charge on any atom is -0.493 e. The molecular formula is C28H29FN2O4. The number of ether oxygens (including phenoxy) is 2. The van der Waals surface area contributed by atoms with Crippen molar-refractivity contribution < 1.29 is 23.8 Å². The van der Waals surface area contributed by atoms with Crippen LogP contribution in [0, 0.1) is 12.7 Å². The third-order valence-corrected chi connectivity index (χ3v) is 6.12. The molecule has 1 heterocycles. The third-order valence-electron chi connectivity index (χ3n) is 6.12. The zero-order chi connectivity index (χ0) is 24.9. The Kier molecular flexibility index (Phi) is 7.36. The highest BCUT2D eigenvalue weighted by Gasteiger charge is 2.22. The van der Waals surface area contributed by atoms with E-state index in [4.69, 9.17) is 9.47 Å². The van der Waals surface area contributed by atoms with Crippen LogP contribution in [0.25, 0.3) is 10.9 Å². The van der Waals surface area contributed by atoms with Crippen LogP contribution in [0.1, 0.15) is 32.7 Å². The Hall–Kier alpha value is -3.84. The Morgan fingerprint density at radius 3 is 2.37 bits per heavy atom. The first-order valence-corrected chi connectivity index (χ1v) is 11.4. The van der Waals surface area contributed by atoms with Gasteiger partial charge in [0.1, 0.15) is 11.5 Å². The fraction of sp³-hybridized carbons (Fsp3) is 0.250. The smallest absolute Gasteiger partial charge is 0.352 e. The molecule has 0 spiro atoms. The number of carboxylic acids is 1. The van der Waals surface area contributed by atoms with Crippen molar-refractivity contribution in [1.29, 1.82) is 0 Å². The SMILES string of the molecule is COc1ccc(CCNCc2c(C(=O)O)n(Cc3ccc(F)cc3)c3cc(C)ccc23)cc1OC. The van der Waals surface area contributed by atoms with Crippen LogP contribution in [-0.4, -0.2) is 36.4 Å². The van der Waals surface area contributed by atoms with Gasteiger partial charge in [-0.2, -0.15) is 0 Å². The second-order valence-corrected chi connectivity index (χ2v) is 8.48. The summed E-state index contributed by atoms with van der Waals surface area (Å²) < 4.78 is 25.9. The first-order valence-electron chi connectivity index (χ1n) is 11.4. The van der Waals surface area contributed by atoms with E-state index in [-0.39, 0.29) is 11.5 Å². The maximum Gasteiger partial charge on any atom is 0.352 e. The van der Waals surface area contributed by atoms with Gasteiger partial charge in [-0.1, -0.05) is 30.3 Å². The minimum atomic E-state index is -0.988. The molecule has 182 valence electrons. The number of nitrogens with one attached hydrogen (secondary N) is 1. The molecule has 0 saturated carbocycles. The van der Waals surface area contributed by atoms with E-state index in [0.717, 1.165) is 39.6 Å². The van der Waals surface area contributed by atoms with E-state index in [1.54, 1.807) is 26.4 Å². The van der Waals surface area contributed by atoms with Gasteiger partial charge < -0.3 is 24.5 Å². The molecule has 7 heteroatoms. The molecule has 0 fully saturated rings. The number of nitrogens with zero attached hydrogens (tertiary/aromatic N) is 1. The average molecular weight is 477 g/mol. The molecule has 0 atom stereocenters. The van der Waals surface area contributed by atoms with Crippen LogP contribution < -0.4 is 14.8 Å². The van der Waals surface area contributed by atoms with Gasteiger partial charge in [0.2, 0.25) is 0 Å². The Labute approximate surface area is 203 Å². The van der Waals surface area contributed by atoms with Crippen LogP contribution in [-0.2, 0) is 19.5 Å². The average Bonchev–Trinajstić information content (AvgIpc) is 3.15. The number of aryl methyl sites for hydroxylation is 1. The molecule has 0 radical (unpaired) electrons. The molecule has 2 N–H and O–H groups in total. The van der Waals surface area contributed by atoms with Crippen molar-refractivity contribution in [3.05, 3.63) is 94.4 Å². The van der Waals surface area contributed by atoms with Crippen LogP contribution in [0.4, 0.5) is 4.39 Å². The molecule has 1 aromatic heterocycles. The highest BCUT2D eigenvalue weighted by molar-refractivity contribution is 5.98. The highest BCUT2D eigenvalue weighted by atomic mass is 19.1. The molecule has 0 amide bonds. The lowest BCUT2D eigenvalue weighted by atomic mass is 10.1. The molecule has 4 rings (SSSR count). The quantitative estimate of drug-likeness (QED) is 0.309. The van der Waals surface area contributed by atoms with Crippen molar-refractivity contribution in [2.24, 2.45) is 0 Å². The van der Waals surface area contributed by atoms with Crippen molar-refractivity contribution in [3.8, 4) is 11.5 Å². The summed E-state index contributed by atoms with van der Waals surface area (Å²) in [5.74, 6) is 0.0504. The lowest BCUT2D eigenvalue weighted by Gasteiger charge is -2.11. The van der Waals surface area contributed by atoms with Gasteiger partial charge in [-0.15, -0.1) is 0 Å². The number of hydrogen-bond donors (Lipinski definition) is 2. The molecule has 0 bridgehead atoms. The maximum atomic E-state index is 13.4. The first-order chi connectivity index (χ1) is 16.9. The van der Waals surface area contributed by atoms with Gasteiger partial charge in [-0.3, -0.25) is 0 Å². The number of rotatable bonds is 10. The van der Waals surface area contributed by atoms with Gasteiger partial charge in [0.05, 0.1) is 14.2 Å². The predicted octanol–water partition coefficient (Wildman–Crippen LogP) is 5.18. The molecule has 0 aliphatic carbocycles. The van der Waals surface area contributed by atoms with E-state index in [1.165, 1.54) is 12.1 Å². The van der Waals surface area contributed by atoms with Crippen LogP contribution in [0.5, 0.6) is 11.5 Å². The number of fused-ring (bicyclic) bond motifs is 1. The van der Waals surface area contributed by atoms with Gasteiger partial charge in [0.15, 0.2) is 11.5 Å². The van der Waals surface area contributed by atoms with Crippen molar-refractivity contribution >= 4 is 16.9 Å². The Morgan fingerprint density at radius 2 is 1.69 bits per heavy atom. The van der Waals surface area contributed by atoms with Gasteiger partial charge in [-0.05, 0) is 66.9 Å². The summed E-state index contributed by atoms with van der Waals surface area (Å²) in [5, 5.41) is 14.4. The third kappa shape index (κ3) is 5.30. The first kappa shape index (κ1) is 24.3. The maximum absolute atomic E-state index is 13.4. The summed E-state index contributed by atoms with van der Waals surface area (Å²) in [4.78, 5) is 12.4. The van der Waals surface area contributed by atoms with E-state index < -0.39 is 5.97 Å². The molecule has 4 aromatic rings. The zero-order valence-electron chi connectivity index (χ0n) is 20.1. The molecule has 0 saturated heterocycles. The van der Waals surface area contributed by atoms with E-state index in [9.17, 15) is 14.3 Å². The summed E-state index contributed by atoms with van der Waals surface area (Å²) in [6.07, 6.45) is 0.746. The summed E-state index contributed by atoms with van der Waals surface area (Å²) in [7, 11) is 3.21. The van der Waals surface area contributed by atoms with Crippen LogP contribution in [0.2, 0.25) is 0 Å². The summed E-state index contributed by atoms with van der Waals surface area (Å²) in [6, 6.07) is 17.9.